The Balaban J connectivity index is 2.03. The number of methoxy groups -OCH3 is 2. The summed E-state index contributed by atoms with van der Waals surface area (Å²) in [6.45, 7) is 1.21. The highest BCUT2D eigenvalue weighted by Crippen LogP contribution is 2.33. The van der Waals surface area contributed by atoms with Crippen molar-refractivity contribution in [3.05, 3.63) is 56.8 Å². The van der Waals surface area contributed by atoms with Crippen molar-refractivity contribution in [3.63, 3.8) is 0 Å². The van der Waals surface area contributed by atoms with Gasteiger partial charge in [0.25, 0.3) is 0 Å². The molecule has 0 heterocycles. The molecule has 0 atom stereocenters. The summed E-state index contributed by atoms with van der Waals surface area (Å²) in [5, 5.41) is 3.42. The summed E-state index contributed by atoms with van der Waals surface area (Å²) in [4.78, 5) is 0. The van der Waals surface area contributed by atoms with E-state index in [1.54, 1.807) is 26.4 Å². The highest BCUT2D eigenvalue weighted by atomic mass is 79.9. The molecule has 2 aromatic carbocycles. The van der Waals surface area contributed by atoms with E-state index in [2.05, 4.69) is 21.2 Å². The Morgan fingerprint density at radius 1 is 1.09 bits per heavy atom. The number of halogens is 3. The van der Waals surface area contributed by atoms with Crippen LogP contribution in [0.1, 0.15) is 11.1 Å². The van der Waals surface area contributed by atoms with Crippen LogP contribution in [-0.2, 0) is 13.1 Å². The van der Waals surface area contributed by atoms with E-state index < -0.39 is 5.82 Å². The van der Waals surface area contributed by atoms with Gasteiger partial charge < -0.3 is 14.8 Å². The molecule has 22 heavy (non-hydrogen) atoms. The SMILES string of the molecule is COc1cc(Br)c(CNCc2ccc(F)c(Cl)c2)cc1OC. The second-order valence-corrected chi connectivity index (χ2v) is 5.91. The lowest BCUT2D eigenvalue weighted by molar-refractivity contribution is 0.354. The van der Waals surface area contributed by atoms with Crippen molar-refractivity contribution >= 4 is 27.5 Å². The van der Waals surface area contributed by atoms with Crippen LogP contribution in [-0.4, -0.2) is 14.2 Å². The highest BCUT2D eigenvalue weighted by Gasteiger charge is 2.09. The molecule has 0 aliphatic carbocycles. The summed E-state index contributed by atoms with van der Waals surface area (Å²) in [5.41, 5.74) is 1.95. The van der Waals surface area contributed by atoms with Gasteiger partial charge in [0.2, 0.25) is 0 Å². The Bertz CT molecular complexity index is 667. The van der Waals surface area contributed by atoms with Crippen molar-refractivity contribution in [2.75, 3.05) is 14.2 Å². The molecule has 0 saturated carbocycles. The Kier molecular flexibility index (Phi) is 6.06. The predicted octanol–water partition coefficient (Wildman–Crippen LogP) is 4.55. The van der Waals surface area contributed by atoms with Gasteiger partial charge in [-0.15, -0.1) is 0 Å². The quantitative estimate of drug-likeness (QED) is 0.787. The van der Waals surface area contributed by atoms with Crippen molar-refractivity contribution in [1.82, 2.24) is 5.32 Å². The topological polar surface area (TPSA) is 30.5 Å². The summed E-state index contributed by atoms with van der Waals surface area (Å²) >= 11 is 9.28. The predicted molar refractivity (Wildman–Crippen MR) is 89.2 cm³/mol. The molecule has 2 rings (SSSR count). The molecule has 0 bridgehead atoms. The van der Waals surface area contributed by atoms with Crippen LogP contribution in [0.4, 0.5) is 4.39 Å². The molecule has 0 aliphatic heterocycles. The van der Waals surface area contributed by atoms with Crippen LogP contribution in [0.15, 0.2) is 34.8 Å². The fraction of sp³-hybridized carbons (Fsp3) is 0.250. The molecule has 0 saturated heterocycles. The standard InChI is InChI=1S/C16H16BrClFNO2/c1-21-15-6-11(12(17)7-16(15)22-2)9-20-8-10-3-4-14(19)13(18)5-10/h3-7,20H,8-9H2,1-2H3. The number of hydrogen-bond donors (Lipinski definition) is 1. The second-order valence-electron chi connectivity index (χ2n) is 4.65. The van der Waals surface area contributed by atoms with Crippen LogP contribution in [0.3, 0.4) is 0 Å². The van der Waals surface area contributed by atoms with E-state index in [0.29, 0.717) is 24.6 Å². The number of hydrogen-bond acceptors (Lipinski definition) is 3. The third kappa shape index (κ3) is 4.12. The number of nitrogens with one attached hydrogen (secondary N) is 1. The fourth-order valence-corrected chi connectivity index (χ4v) is 2.69. The van der Waals surface area contributed by atoms with Crippen LogP contribution in [0.5, 0.6) is 11.5 Å². The van der Waals surface area contributed by atoms with E-state index in [9.17, 15) is 4.39 Å². The van der Waals surface area contributed by atoms with Crippen LogP contribution in [0.2, 0.25) is 5.02 Å². The monoisotopic (exact) mass is 387 g/mol. The van der Waals surface area contributed by atoms with Gasteiger partial charge in [0.1, 0.15) is 5.82 Å². The molecule has 0 spiro atoms. The summed E-state index contributed by atoms with van der Waals surface area (Å²) in [7, 11) is 3.20. The zero-order valence-electron chi connectivity index (χ0n) is 12.3. The molecule has 0 amide bonds. The smallest absolute Gasteiger partial charge is 0.161 e. The van der Waals surface area contributed by atoms with Crippen LogP contribution < -0.4 is 14.8 Å². The van der Waals surface area contributed by atoms with E-state index in [1.807, 2.05) is 12.1 Å². The maximum Gasteiger partial charge on any atom is 0.161 e. The van der Waals surface area contributed by atoms with Gasteiger partial charge in [0, 0.05) is 17.6 Å². The van der Waals surface area contributed by atoms with Crippen LogP contribution >= 0.6 is 27.5 Å². The molecular formula is C16H16BrClFNO2. The first-order valence-electron chi connectivity index (χ1n) is 6.60. The van der Waals surface area contributed by atoms with Crippen molar-refractivity contribution in [3.8, 4) is 11.5 Å². The Labute approximate surface area is 142 Å². The van der Waals surface area contributed by atoms with Gasteiger partial charge in [-0.25, -0.2) is 4.39 Å². The highest BCUT2D eigenvalue weighted by molar-refractivity contribution is 9.10. The second kappa shape index (κ2) is 7.81. The lowest BCUT2D eigenvalue weighted by atomic mass is 10.2. The fourth-order valence-electron chi connectivity index (χ4n) is 2.02. The lowest BCUT2D eigenvalue weighted by Crippen LogP contribution is -2.13. The van der Waals surface area contributed by atoms with Gasteiger partial charge in [0.05, 0.1) is 19.2 Å². The minimum Gasteiger partial charge on any atom is -0.493 e. The first kappa shape index (κ1) is 17.1. The molecule has 0 aromatic heterocycles. The molecular weight excluding hydrogens is 373 g/mol. The third-order valence-corrected chi connectivity index (χ3v) is 4.21. The van der Waals surface area contributed by atoms with Crippen LogP contribution in [0.25, 0.3) is 0 Å². The summed E-state index contributed by atoms with van der Waals surface area (Å²) in [6.07, 6.45) is 0. The van der Waals surface area contributed by atoms with Crippen molar-refractivity contribution < 1.29 is 13.9 Å². The molecule has 0 radical (unpaired) electrons. The Hall–Kier alpha value is -1.30. The zero-order valence-corrected chi connectivity index (χ0v) is 14.6. The largest absolute Gasteiger partial charge is 0.493 e. The van der Waals surface area contributed by atoms with Gasteiger partial charge in [-0.1, -0.05) is 33.6 Å². The summed E-state index contributed by atoms with van der Waals surface area (Å²) in [6, 6.07) is 8.47. The molecule has 3 nitrogen and oxygen atoms in total. The van der Waals surface area contributed by atoms with E-state index in [1.165, 1.54) is 6.07 Å². The molecule has 6 heteroatoms. The van der Waals surface area contributed by atoms with E-state index >= 15 is 0 Å². The van der Waals surface area contributed by atoms with Crippen molar-refractivity contribution in [2.24, 2.45) is 0 Å². The molecule has 1 N–H and O–H groups in total. The first-order chi connectivity index (χ1) is 10.5. The number of benzene rings is 2. The van der Waals surface area contributed by atoms with Gasteiger partial charge in [-0.3, -0.25) is 0 Å². The van der Waals surface area contributed by atoms with Gasteiger partial charge >= 0.3 is 0 Å². The van der Waals surface area contributed by atoms with Crippen LogP contribution in [0, 0.1) is 5.82 Å². The van der Waals surface area contributed by atoms with Gasteiger partial charge in [0.15, 0.2) is 11.5 Å². The first-order valence-corrected chi connectivity index (χ1v) is 7.77. The summed E-state index contributed by atoms with van der Waals surface area (Å²) < 4.78 is 24.6. The minimum atomic E-state index is -0.409. The molecule has 118 valence electrons. The van der Waals surface area contributed by atoms with Crippen molar-refractivity contribution in [1.29, 1.82) is 0 Å². The Morgan fingerprint density at radius 3 is 2.41 bits per heavy atom. The maximum absolute atomic E-state index is 13.1. The third-order valence-electron chi connectivity index (χ3n) is 3.18. The molecule has 0 unspecified atom stereocenters. The number of ether oxygens (including phenoxy) is 2. The molecule has 0 aliphatic rings. The molecule has 0 fully saturated rings. The van der Waals surface area contributed by atoms with E-state index in [4.69, 9.17) is 21.1 Å². The van der Waals surface area contributed by atoms with Gasteiger partial charge in [-0.05, 0) is 35.4 Å². The Morgan fingerprint density at radius 2 is 1.77 bits per heavy atom. The number of rotatable bonds is 6. The van der Waals surface area contributed by atoms with Gasteiger partial charge in [-0.2, -0.15) is 0 Å². The zero-order chi connectivity index (χ0) is 16.1. The van der Waals surface area contributed by atoms with E-state index in [0.717, 1.165) is 15.6 Å². The maximum atomic E-state index is 13.1. The normalized spacial score (nSPS) is 10.6. The summed E-state index contributed by atoms with van der Waals surface area (Å²) in [5.74, 6) is 0.934. The average molecular weight is 389 g/mol. The lowest BCUT2D eigenvalue weighted by Gasteiger charge is -2.12. The minimum absolute atomic E-state index is 0.131. The van der Waals surface area contributed by atoms with E-state index in [-0.39, 0.29) is 5.02 Å². The molecule has 2 aromatic rings. The van der Waals surface area contributed by atoms with Crippen molar-refractivity contribution in [2.45, 2.75) is 13.1 Å². The average Bonchev–Trinajstić information content (AvgIpc) is 2.52.